The molecule has 0 saturated heterocycles. The Kier molecular flexibility index (Phi) is 14.9. The average Bonchev–Trinajstić information content (AvgIpc) is 2.73. The third-order valence-electron chi connectivity index (χ3n) is 4.61. The fourth-order valence-electron chi connectivity index (χ4n) is 2.51. The molecule has 0 spiro atoms. The number of benzene rings is 1. The van der Waals surface area contributed by atoms with Gasteiger partial charge in [-0.3, -0.25) is 4.79 Å². The number of ether oxygens (including phenoxy) is 1. The minimum absolute atomic E-state index is 0.157. The van der Waals surface area contributed by atoms with Gasteiger partial charge in [-0.1, -0.05) is 17.7 Å². The maximum atomic E-state index is 11.5. The van der Waals surface area contributed by atoms with Crippen molar-refractivity contribution < 1.29 is 40.3 Å². The number of likely N-dealkylation sites (N-methyl/N-ethyl adjacent to an activating group) is 1. The van der Waals surface area contributed by atoms with E-state index in [2.05, 4.69) is 26.5 Å². The van der Waals surface area contributed by atoms with E-state index in [9.17, 15) is 17.8 Å². The number of quaternary nitrogens is 1. The van der Waals surface area contributed by atoms with Gasteiger partial charge in [0.1, 0.15) is 23.3 Å². The highest BCUT2D eigenvalue weighted by molar-refractivity contribution is 7.85. The molecule has 0 fully saturated rings. The first-order chi connectivity index (χ1) is 15.3. The Morgan fingerprint density at radius 1 is 1.03 bits per heavy atom. The van der Waals surface area contributed by atoms with Gasteiger partial charge in [0.15, 0.2) is 0 Å². The first kappa shape index (κ1) is 31.6. The van der Waals surface area contributed by atoms with Crippen LogP contribution in [0, 0.1) is 6.92 Å². The summed E-state index contributed by atoms with van der Waals surface area (Å²) in [5, 5.41) is 3.22. The number of rotatable bonds is 14. The summed E-state index contributed by atoms with van der Waals surface area (Å²) in [6.45, 7) is 4.51. The third-order valence-corrected chi connectivity index (χ3v) is 8.29. The third kappa shape index (κ3) is 15.2. The number of nitrogens with zero attached hydrogens (tertiary/aromatic N) is 1. The molecule has 0 atom stereocenters. The summed E-state index contributed by atoms with van der Waals surface area (Å²) in [6.07, 6.45) is 1.26. The van der Waals surface area contributed by atoms with E-state index in [-0.39, 0.29) is 10.9 Å². The first-order valence-corrected chi connectivity index (χ1v) is 14.0. The standard InChI is InChI=1S/C14H33N2O5Si.C7H8O3S/c1-16(2,3)11-12-21-14(17)8-10-15-9-7-13-22(18-4,19-5)20-6;1-6-2-4-7(5-3-6)11(8,9)10/h15H,7-13H2,1-6H3;2-5H,1H3,(H,8,9,10)/q+1;/p-1. The van der Waals surface area contributed by atoms with E-state index < -0.39 is 18.9 Å². The molecule has 0 heterocycles. The lowest BCUT2D eigenvalue weighted by atomic mass is 10.2. The van der Waals surface area contributed by atoms with Crippen LogP contribution < -0.4 is 5.32 Å². The quantitative estimate of drug-likeness (QED) is 0.130. The van der Waals surface area contributed by atoms with E-state index >= 15 is 0 Å². The molecule has 0 unspecified atom stereocenters. The fraction of sp³-hybridized carbons (Fsp3) is 0.667. The predicted molar refractivity (Wildman–Crippen MR) is 127 cm³/mol. The van der Waals surface area contributed by atoms with Crippen LogP contribution in [0.25, 0.3) is 0 Å². The van der Waals surface area contributed by atoms with Crippen LogP contribution in [0.4, 0.5) is 0 Å². The van der Waals surface area contributed by atoms with Crippen molar-refractivity contribution in [3.63, 3.8) is 0 Å². The normalized spacial score (nSPS) is 12.1. The molecule has 10 nitrogen and oxygen atoms in total. The molecule has 0 aliphatic carbocycles. The number of carbonyl (C=O) groups is 1. The second-order valence-corrected chi connectivity index (χ2v) is 12.9. The number of esters is 1. The van der Waals surface area contributed by atoms with E-state index in [0.717, 1.165) is 35.6 Å². The van der Waals surface area contributed by atoms with Gasteiger partial charge < -0.3 is 32.4 Å². The lowest BCUT2D eigenvalue weighted by molar-refractivity contribution is -0.870. The SMILES string of the molecule is CO[Si](CCCNCCC(=O)OCC[N+](C)(C)C)(OC)OC.Cc1ccc(S(=O)(=O)[O-])cc1. The number of carbonyl (C=O) groups excluding carboxylic acids is 1. The number of aryl methyl sites for hydroxylation is 1. The highest BCUT2D eigenvalue weighted by Gasteiger charge is 2.36. The molecular weight excluding hydrogens is 468 g/mol. The highest BCUT2D eigenvalue weighted by atomic mass is 32.2. The number of hydrogen-bond acceptors (Lipinski definition) is 9. The van der Waals surface area contributed by atoms with E-state index in [0.29, 0.717) is 19.6 Å². The minimum atomic E-state index is -4.27. The summed E-state index contributed by atoms with van der Waals surface area (Å²) in [5.74, 6) is -0.157. The second kappa shape index (κ2) is 15.5. The van der Waals surface area contributed by atoms with Gasteiger partial charge in [-0.15, -0.1) is 0 Å². The van der Waals surface area contributed by atoms with E-state index in [1.807, 2.05) is 6.92 Å². The smallest absolute Gasteiger partial charge is 0.500 e. The molecule has 33 heavy (non-hydrogen) atoms. The summed E-state index contributed by atoms with van der Waals surface area (Å²) in [6, 6.07) is 6.53. The molecule has 1 rings (SSSR count). The van der Waals surface area contributed by atoms with Gasteiger partial charge in [0.05, 0.1) is 32.5 Å². The first-order valence-electron chi connectivity index (χ1n) is 10.6. The molecule has 0 bridgehead atoms. The van der Waals surface area contributed by atoms with Gasteiger partial charge in [0.2, 0.25) is 0 Å². The zero-order chi connectivity index (χ0) is 25.5. The predicted octanol–water partition coefficient (Wildman–Crippen LogP) is 1.38. The average molecular weight is 509 g/mol. The Balaban J connectivity index is 0.000000771. The summed E-state index contributed by atoms with van der Waals surface area (Å²) in [7, 11) is 4.30. The zero-order valence-corrected chi connectivity index (χ0v) is 22.7. The summed E-state index contributed by atoms with van der Waals surface area (Å²) >= 11 is 0. The monoisotopic (exact) mass is 508 g/mol. The van der Waals surface area contributed by atoms with Crippen molar-refractivity contribution in [2.75, 3.05) is 68.7 Å². The van der Waals surface area contributed by atoms with Crippen LogP contribution in [0.15, 0.2) is 29.2 Å². The van der Waals surface area contributed by atoms with E-state index in [4.69, 9.17) is 18.0 Å². The van der Waals surface area contributed by atoms with Gasteiger partial charge in [-0.2, -0.15) is 0 Å². The molecule has 0 saturated carbocycles. The van der Waals surface area contributed by atoms with Gasteiger partial charge in [-0.05, 0) is 32.0 Å². The Morgan fingerprint density at radius 2 is 1.58 bits per heavy atom. The topological polar surface area (TPSA) is 123 Å². The van der Waals surface area contributed by atoms with Gasteiger partial charge in [-0.25, -0.2) is 8.42 Å². The van der Waals surface area contributed by atoms with Crippen LogP contribution in [0.3, 0.4) is 0 Å². The molecule has 0 aliphatic rings. The van der Waals surface area contributed by atoms with Crippen molar-refractivity contribution in [3.05, 3.63) is 29.8 Å². The van der Waals surface area contributed by atoms with Crippen molar-refractivity contribution in [2.24, 2.45) is 0 Å². The van der Waals surface area contributed by atoms with Gasteiger partial charge in [0, 0.05) is 33.9 Å². The van der Waals surface area contributed by atoms with Crippen LogP contribution in [0.5, 0.6) is 0 Å². The minimum Gasteiger partial charge on any atom is -0.744 e. The van der Waals surface area contributed by atoms with Crippen molar-refractivity contribution >= 4 is 24.9 Å². The summed E-state index contributed by atoms with van der Waals surface area (Å²) in [5.41, 5.74) is 0.928. The van der Waals surface area contributed by atoms with E-state index in [1.54, 1.807) is 33.5 Å². The number of nitrogens with one attached hydrogen (secondary N) is 1. The van der Waals surface area contributed by atoms with Crippen molar-refractivity contribution in [1.82, 2.24) is 5.32 Å². The molecule has 0 radical (unpaired) electrons. The molecule has 1 aromatic carbocycles. The summed E-state index contributed by atoms with van der Waals surface area (Å²) < 4.78 is 53.2. The summed E-state index contributed by atoms with van der Waals surface area (Å²) in [4.78, 5) is 11.4. The Labute approximate surface area is 199 Å². The Hall–Kier alpha value is -1.38. The Morgan fingerprint density at radius 3 is 2.03 bits per heavy atom. The van der Waals surface area contributed by atoms with Crippen LogP contribution in [0.1, 0.15) is 18.4 Å². The Bertz CT molecular complexity index is 770. The molecule has 0 aromatic heterocycles. The van der Waals surface area contributed by atoms with Crippen molar-refractivity contribution in [1.29, 1.82) is 0 Å². The largest absolute Gasteiger partial charge is 0.744 e. The number of hydrogen-bond donors (Lipinski definition) is 1. The van der Waals surface area contributed by atoms with Gasteiger partial charge >= 0.3 is 14.8 Å². The van der Waals surface area contributed by atoms with Crippen LogP contribution in [-0.4, -0.2) is 101 Å². The fourth-order valence-corrected chi connectivity index (χ4v) is 4.70. The lowest BCUT2D eigenvalue weighted by Crippen LogP contribution is -2.43. The highest BCUT2D eigenvalue weighted by Crippen LogP contribution is 2.14. The van der Waals surface area contributed by atoms with Crippen molar-refractivity contribution in [2.45, 2.75) is 30.7 Å². The molecule has 0 aliphatic heterocycles. The molecule has 1 aromatic rings. The maximum Gasteiger partial charge on any atom is 0.500 e. The second-order valence-electron chi connectivity index (χ2n) is 8.40. The maximum absolute atomic E-state index is 11.5. The van der Waals surface area contributed by atoms with Crippen LogP contribution in [-0.2, 0) is 32.9 Å². The zero-order valence-electron chi connectivity index (χ0n) is 20.9. The molecule has 1 N–H and O–H groups in total. The van der Waals surface area contributed by atoms with Crippen LogP contribution in [0.2, 0.25) is 6.04 Å². The molecule has 192 valence electrons. The molecule has 0 amide bonds. The van der Waals surface area contributed by atoms with Crippen LogP contribution >= 0.6 is 0 Å². The van der Waals surface area contributed by atoms with E-state index in [1.165, 1.54) is 12.1 Å². The van der Waals surface area contributed by atoms with Gasteiger partial charge in [0.25, 0.3) is 0 Å². The lowest BCUT2D eigenvalue weighted by Gasteiger charge is -2.24. The van der Waals surface area contributed by atoms with Crippen molar-refractivity contribution in [3.8, 4) is 0 Å². The molecular formula is C21H40N2O8SSi. The molecule has 12 heteroatoms.